The largest absolute Gasteiger partial charge is 0.347 e. The average Bonchev–Trinajstić information content (AvgIpc) is 2.58. The molecule has 0 saturated carbocycles. The fourth-order valence-electron chi connectivity index (χ4n) is 1.28. The number of hydrogen-bond acceptors (Lipinski definition) is 2. The van der Waals surface area contributed by atoms with Gasteiger partial charge in [-0.15, -0.1) is 0 Å². The Hall–Kier alpha value is -0.830. The second-order valence-corrected chi connectivity index (χ2v) is 3.74. The Labute approximate surface area is 80.0 Å². The third kappa shape index (κ3) is 3.19. The molecule has 1 rings (SSSR count). The smallest absolute Gasteiger partial charge is 0.123 e. The monoisotopic (exact) mass is 181 g/mol. The fraction of sp³-hybridized carbons (Fsp3) is 0.700. The normalized spacial score (nSPS) is 13.5. The SMILES string of the molecule is CCC(NCC(C)C)c1ncc[nH]1. The Morgan fingerprint density at radius 1 is 1.54 bits per heavy atom. The van der Waals surface area contributed by atoms with Crippen LogP contribution in [0.5, 0.6) is 0 Å². The van der Waals surface area contributed by atoms with E-state index >= 15 is 0 Å². The van der Waals surface area contributed by atoms with E-state index in [1.807, 2.05) is 6.20 Å². The molecule has 3 nitrogen and oxygen atoms in total. The van der Waals surface area contributed by atoms with E-state index < -0.39 is 0 Å². The van der Waals surface area contributed by atoms with Crippen LogP contribution >= 0.6 is 0 Å². The highest BCUT2D eigenvalue weighted by Crippen LogP contribution is 2.11. The van der Waals surface area contributed by atoms with Gasteiger partial charge in [0.1, 0.15) is 5.82 Å². The summed E-state index contributed by atoms with van der Waals surface area (Å²) in [5, 5.41) is 3.48. The molecule has 0 saturated heterocycles. The van der Waals surface area contributed by atoms with Gasteiger partial charge >= 0.3 is 0 Å². The van der Waals surface area contributed by atoms with Gasteiger partial charge in [0.25, 0.3) is 0 Å². The molecule has 74 valence electrons. The van der Waals surface area contributed by atoms with Crippen molar-refractivity contribution in [2.75, 3.05) is 6.54 Å². The van der Waals surface area contributed by atoms with E-state index in [4.69, 9.17) is 0 Å². The summed E-state index contributed by atoms with van der Waals surface area (Å²) in [4.78, 5) is 7.39. The molecular formula is C10H19N3. The van der Waals surface area contributed by atoms with Gasteiger partial charge in [-0.2, -0.15) is 0 Å². The van der Waals surface area contributed by atoms with Gasteiger partial charge in [-0.3, -0.25) is 0 Å². The van der Waals surface area contributed by atoms with Crippen LogP contribution in [0.4, 0.5) is 0 Å². The van der Waals surface area contributed by atoms with Crippen LogP contribution in [0.2, 0.25) is 0 Å². The van der Waals surface area contributed by atoms with Gasteiger partial charge in [-0.1, -0.05) is 20.8 Å². The molecule has 0 spiro atoms. The minimum Gasteiger partial charge on any atom is -0.347 e. The molecule has 0 aliphatic heterocycles. The summed E-state index contributed by atoms with van der Waals surface area (Å²) in [5.74, 6) is 1.73. The molecule has 1 heterocycles. The lowest BCUT2D eigenvalue weighted by molar-refractivity contribution is 0.451. The molecule has 13 heavy (non-hydrogen) atoms. The van der Waals surface area contributed by atoms with Gasteiger partial charge in [-0.05, 0) is 18.9 Å². The lowest BCUT2D eigenvalue weighted by atomic mass is 10.1. The van der Waals surface area contributed by atoms with Gasteiger partial charge in [0.15, 0.2) is 0 Å². The van der Waals surface area contributed by atoms with Crippen molar-refractivity contribution in [1.82, 2.24) is 15.3 Å². The predicted octanol–water partition coefficient (Wildman–Crippen LogP) is 2.11. The predicted molar refractivity (Wildman–Crippen MR) is 54.5 cm³/mol. The topological polar surface area (TPSA) is 40.7 Å². The van der Waals surface area contributed by atoms with Crippen LogP contribution < -0.4 is 5.32 Å². The van der Waals surface area contributed by atoms with E-state index in [-0.39, 0.29) is 0 Å². The average molecular weight is 181 g/mol. The standard InChI is InChI=1S/C10H19N3/c1-4-9(13-7-8(2)3)10-11-5-6-12-10/h5-6,8-9,13H,4,7H2,1-3H3,(H,11,12). The highest BCUT2D eigenvalue weighted by molar-refractivity contribution is 4.94. The lowest BCUT2D eigenvalue weighted by Gasteiger charge is -2.15. The maximum atomic E-state index is 4.25. The Bertz CT molecular complexity index is 216. The van der Waals surface area contributed by atoms with Crippen molar-refractivity contribution in [3.63, 3.8) is 0 Å². The molecule has 2 N–H and O–H groups in total. The summed E-state index contributed by atoms with van der Waals surface area (Å²) in [5.41, 5.74) is 0. The Morgan fingerprint density at radius 2 is 2.31 bits per heavy atom. The molecule has 0 bridgehead atoms. The van der Waals surface area contributed by atoms with E-state index in [1.54, 1.807) is 6.20 Å². The summed E-state index contributed by atoms with van der Waals surface area (Å²) in [6.45, 7) is 7.63. The molecule has 0 radical (unpaired) electrons. The number of hydrogen-bond donors (Lipinski definition) is 2. The number of aromatic nitrogens is 2. The van der Waals surface area contributed by atoms with E-state index in [0.717, 1.165) is 18.8 Å². The number of H-pyrrole nitrogens is 1. The Kier molecular flexibility index (Phi) is 3.96. The molecular weight excluding hydrogens is 162 g/mol. The maximum Gasteiger partial charge on any atom is 0.123 e. The first-order chi connectivity index (χ1) is 6.24. The summed E-state index contributed by atoms with van der Waals surface area (Å²) >= 11 is 0. The molecule has 0 aliphatic rings. The van der Waals surface area contributed by atoms with E-state index in [9.17, 15) is 0 Å². The zero-order valence-corrected chi connectivity index (χ0v) is 8.67. The first-order valence-electron chi connectivity index (χ1n) is 4.96. The van der Waals surface area contributed by atoms with Crippen LogP contribution in [0.3, 0.4) is 0 Å². The molecule has 3 heteroatoms. The first kappa shape index (κ1) is 10.3. The molecule has 1 aromatic rings. The minimum absolute atomic E-state index is 0.373. The molecule has 1 aromatic heterocycles. The fourth-order valence-corrected chi connectivity index (χ4v) is 1.28. The molecule has 0 fully saturated rings. The van der Waals surface area contributed by atoms with Crippen LogP contribution in [-0.2, 0) is 0 Å². The third-order valence-corrected chi connectivity index (χ3v) is 2.03. The van der Waals surface area contributed by atoms with Crippen LogP contribution in [0.1, 0.15) is 39.1 Å². The third-order valence-electron chi connectivity index (χ3n) is 2.03. The summed E-state index contributed by atoms with van der Waals surface area (Å²) in [6, 6.07) is 0.373. The van der Waals surface area contributed by atoms with Crippen molar-refractivity contribution in [2.24, 2.45) is 5.92 Å². The van der Waals surface area contributed by atoms with E-state index in [2.05, 4.69) is 36.1 Å². The maximum absolute atomic E-state index is 4.25. The van der Waals surface area contributed by atoms with Crippen molar-refractivity contribution >= 4 is 0 Å². The van der Waals surface area contributed by atoms with Crippen LogP contribution in [0, 0.1) is 5.92 Å². The van der Waals surface area contributed by atoms with Crippen molar-refractivity contribution in [3.8, 4) is 0 Å². The number of aromatic amines is 1. The van der Waals surface area contributed by atoms with Crippen LogP contribution in [-0.4, -0.2) is 16.5 Å². The molecule has 1 atom stereocenters. The van der Waals surface area contributed by atoms with Crippen molar-refractivity contribution < 1.29 is 0 Å². The van der Waals surface area contributed by atoms with Crippen LogP contribution in [0.25, 0.3) is 0 Å². The quantitative estimate of drug-likeness (QED) is 0.730. The van der Waals surface area contributed by atoms with E-state index in [1.165, 1.54) is 0 Å². The first-order valence-corrected chi connectivity index (χ1v) is 4.96. The number of rotatable bonds is 5. The zero-order valence-electron chi connectivity index (χ0n) is 8.67. The lowest BCUT2D eigenvalue weighted by Crippen LogP contribution is -2.25. The molecule has 1 unspecified atom stereocenters. The summed E-state index contributed by atoms with van der Waals surface area (Å²) < 4.78 is 0. The van der Waals surface area contributed by atoms with Crippen LogP contribution in [0.15, 0.2) is 12.4 Å². The molecule has 0 aromatic carbocycles. The highest BCUT2D eigenvalue weighted by atomic mass is 15.0. The van der Waals surface area contributed by atoms with E-state index in [0.29, 0.717) is 12.0 Å². The van der Waals surface area contributed by atoms with Gasteiger partial charge < -0.3 is 10.3 Å². The van der Waals surface area contributed by atoms with Gasteiger partial charge in [0, 0.05) is 12.4 Å². The second kappa shape index (κ2) is 5.02. The van der Waals surface area contributed by atoms with Gasteiger partial charge in [-0.25, -0.2) is 4.98 Å². The molecule has 0 aliphatic carbocycles. The summed E-state index contributed by atoms with van der Waals surface area (Å²) in [7, 11) is 0. The van der Waals surface area contributed by atoms with Gasteiger partial charge in [0.05, 0.1) is 6.04 Å². The Balaban J connectivity index is 2.44. The number of nitrogens with zero attached hydrogens (tertiary/aromatic N) is 1. The van der Waals surface area contributed by atoms with Crippen molar-refractivity contribution in [2.45, 2.75) is 33.2 Å². The minimum atomic E-state index is 0.373. The second-order valence-electron chi connectivity index (χ2n) is 3.74. The highest BCUT2D eigenvalue weighted by Gasteiger charge is 2.10. The summed E-state index contributed by atoms with van der Waals surface area (Å²) in [6.07, 6.45) is 4.74. The number of nitrogens with one attached hydrogen (secondary N) is 2. The van der Waals surface area contributed by atoms with Gasteiger partial charge in [0.2, 0.25) is 0 Å². The number of imidazole rings is 1. The molecule has 0 amide bonds. The van der Waals surface area contributed by atoms with Crippen molar-refractivity contribution in [1.29, 1.82) is 0 Å². The zero-order chi connectivity index (χ0) is 9.68. The Morgan fingerprint density at radius 3 is 2.77 bits per heavy atom. The van der Waals surface area contributed by atoms with Crippen molar-refractivity contribution in [3.05, 3.63) is 18.2 Å².